The summed E-state index contributed by atoms with van der Waals surface area (Å²) in [7, 11) is 3.11. The monoisotopic (exact) mass is 323 g/mol. The lowest BCUT2D eigenvalue weighted by atomic mass is 10.2. The average molecular weight is 323 g/mol. The van der Waals surface area contributed by atoms with E-state index in [1.54, 1.807) is 11.4 Å². The minimum absolute atomic E-state index is 0.345. The molecule has 0 aliphatic rings. The average Bonchev–Trinajstić information content (AvgIpc) is 3.05. The highest BCUT2D eigenvalue weighted by Gasteiger charge is 2.19. The summed E-state index contributed by atoms with van der Waals surface area (Å²) < 4.78 is 6.25. The molecule has 7 nitrogen and oxygen atoms in total. The zero-order valence-corrected chi connectivity index (χ0v) is 13.9. The molecule has 4 rings (SSSR count). The van der Waals surface area contributed by atoms with Gasteiger partial charge in [0, 0.05) is 31.7 Å². The van der Waals surface area contributed by atoms with Gasteiger partial charge < -0.3 is 0 Å². The van der Waals surface area contributed by atoms with Gasteiger partial charge in [-0.3, -0.25) is 22.9 Å². The van der Waals surface area contributed by atoms with E-state index in [0.29, 0.717) is 16.9 Å². The molecular weight excluding hydrogens is 306 g/mol. The summed E-state index contributed by atoms with van der Waals surface area (Å²) in [6.07, 6.45) is 1.87. The topological polar surface area (TPSA) is 66.2 Å². The van der Waals surface area contributed by atoms with Gasteiger partial charge >= 0.3 is 5.69 Å². The molecule has 0 saturated heterocycles. The molecule has 7 heteroatoms. The van der Waals surface area contributed by atoms with E-state index in [4.69, 9.17) is 0 Å². The van der Waals surface area contributed by atoms with Gasteiger partial charge in [0.2, 0.25) is 5.78 Å². The van der Waals surface area contributed by atoms with Gasteiger partial charge in [-0.1, -0.05) is 12.1 Å². The molecule has 0 N–H and O–H groups in total. The molecule has 0 radical (unpaired) electrons. The quantitative estimate of drug-likeness (QED) is 0.530. The number of aryl methyl sites for hydroxylation is 3. The number of imidazole rings is 2. The predicted octanol–water partition coefficient (Wildman–Crippen LogP) is 1.29. The predicted molar refractivity (Wildman–Crippen MR) is 92.0 cm³/mol. The molecule has 1 aromatic carbocycles. The van der Waals surface area contributed by atoms with Gasteiger partial charge in [0.25, 0.3) is 5.56 Å². The fraction of sp³-hybridized carbons (Fsp3) is 0.235. The summed E-state index contributed by atoms with van der Waals surface area (Å²) >= 11 is 0. The Labute approximate surface area is 137 Å². The largest absolute Gasteiger partial charge is 0.332 e. The SMILES string of the molecule is Cc1cccc(-n2c(C)cn3c4c(=O)n(C)c(=O)n(C)c4nc23)c1. The molecule has 122 valence electrons. The van der Waals surface area contributed by atoms with Gasteiger partial charge in [-0.25, -0.2) is 4.79 Å². The highest BCUT2D eigenvalue weighted by Crippen LogP contribution is 2.21. The molecule has 0 aliphatic heterocycles. The standard InChI is InChI=1S/C17H17N5O2/c1-10-6-5-7-12(8-10)22-11(2)9-21-13-14(18-16(21)22)19(3)17(24)20(4)15(13)23/h5-9H,1-4H3. The van der Waals surface area contributed by atoms with Crippen LogP contribution >= 0.6 is 0 Å². The summed E-state index contributed by atoms with van der Waals surface area (Å²) in [6, 6.07) is 8.07. The van der Waals surface area contributed by atoms with Crippen LogP contribution in [0.3, 0.4) is 0 Å². The highest BCUT2D eigenvalue weighted by molar-refractivity contribution is 5.76. The number of benzene rings is 1. The van der Waals surface area contributed by atoms with E-state index in [0.717, 1.165) is 21.5 Å². The summed E-state index contributed by atoms with van der Waals surface area (Å²) in [4.78, 5) is 29.3. The summed E-state index contributed by atoms with van der Waals surface area (Å²) in [5.74, 6) is 0.617. The third-order valence-electron chi connectivity index (χ3n) is 4.40. The van der Waals surface area contributed by atoms with E-state index in [9.17, 15) is 9.59 Å². The van der Waals surface area contributed by atoms with Crippen molar-refractivity contribution in [2.24, 2.45) is 14.1 Å². The summed E-state index contributed by atoms with van der Waals surface area (Å²) in [5.41, 5.74) is 3.14. The molecule has 0 aliphatic carbocycles. The first-order valence-electron chi connectivity index (χ1n) is 7.63. The van der Waals surface area contributed by atoms with E-state index in [2.05, 4.69) is 11.1 Å². The number of aromatic nitrogens is 5. The molecule has 3 aromatic heterocycles. The van der Waals surface area contributed by atoms with Crippen molar-refractivity contribution in [3.63, 3.8) is 0 Å². The van der Waals surface area contributed by atoms with Gasteiger partial charge in [-0.15, -0.1) is 0 Å². The summed E-state index contributed by atoms with van der Waals surface area (Å²) in [5, 5.41) is 0. The van der Waals surface area contributed by atoms with E-state index >= 15 is 0 Å². The van der Waals surface area contributed by atoms with Crippen molar-refractivity contribution in [1.82, 2.24) is 23.1 Å². The van der Waals surface area contributed by atoms with E-state index in [1.165, 1.54) is 11.6 Å². The third kappa shape index (κ3) is 1.75. The van der Waals surface area contributed by atoms with Crippen molar-refractivity contribution >= 4 is 16.9 Å². The van der Waals surface area contributed by atoms with Crippen molar-refractivity contribution < 1.29 is 0 Å². The minimum atomic E-state index is -0.382. The highest BCUT2D eigenvalue weighted by atomic mass is 16.2. The van der Waals surface area contributed by atoms with Crippen molar-refractivity contribution in [2.45, 2.75) is 13.8 Å². The van der Waals surface area contributed by atoms with Crippen LogP contribution in [0.5, 0.6) is 0 Å². The van der Waals surface area contributed by atoms with Gasteiger partial charge in [0.15, 0.2) is 11.2 Å². The Morgan fingerprint density at radius 2 is 1.79 bits per heavy atom. The molecule has 0 amide bonds. The van der Waals surface area contributed by atoms with E-state index < -0.39 is 0 Å². The van der Waals surface area contributed by atoms with Crippen LogP contribution in [0.4, 0.5) is 0 Å². The van der Waals surface area contributed by atoms with Crippen molar-refractivity contribution in [1.29, 1.82) is 0 Å². The molecule has 0 fully saturated rings. The molecule has 0 unspecified atom stereocenters. The van der Waals surface area contributed by atoms with Crippen molar-refractivity contribution in [3.05, 3.63) is 62.6 Å². The van der Waals surface area contributed by atoms with Crippen LogP contribution in [0, 0.1) is 13.8 Å². The Hall–Kier alpha value is -3.09. The van der Waals surface area contributed by atoms with Crippen LogP contribution in [-0.2, 0) is 14.1 Å². The maximum Gasteiger partial charge on any atom is 0.332 e. The smallest absolute Gasteiger partial charge is 0.283 e. The lowest BCUT2D eigenvalue weighted by Gasteiger charge is -2.06. The Bertz CT molecular complexity index is 1240. The number of nitrogens with zero attached hydrogens (tertiary/aromatic N) is 5. The fourth-order valence-electron chi connectivity index (χ4n) is 3.17. The maximum absolute atomic E-state index is 12.6. The maximum atomic E-state index is 12.6. The Morgan fingerprint density at radius 3 is 2.50 bits per heavy atom. The van der Waals surface area contributed by atoms with Gasteiger partial charge in [-0.2, -0.15) is 4.98 Å². The second kappa shape index (κ2) is 4.70. The minimum Gasteiger partial charge on any atom is -0.283 e. The zero-order valence-electron chi connectivity index (χ0n) is 13.9. The Kier molecular flexibility index (Phi) is 2.84. The first kappa shape index (κ1) is 14.5. The number of hydrogen-bond acceptors (Lipinski definition) is 3. The van der Waals surface area contributed by atoms with Crippen LogP contribution in [0.25, 0.3) is 22.6 Å². The molecule has 4 aromatic rings. The zero-order chi connectivity index (χ0) is 17.2. The van der Waals surface area contributed by atoms with Gasteiger partial charge in [0.1, 0.15) is 0 Å². The molecule has 0 atom stereocenters. The number of rotatable bonds is 1. The lowest BCUT2D eigenvalue weighted by molar-refractivity contribution is 0.708. The Balaban J connectivity index is 2.21. The fourth-order valence-corrected chi connectivity index (χ4v) is 3.17. The lowest BCUT2D eigenvalue weighted by Crippen LogP contribution is -2.37. The van der Waals surface area contributed by atoms with Gasteiger partial charge in [-0.05, 0) is 31.5 Å². The second-order valence-electron chi connectivity index (χ2n) is 6.10. The summed E-state index contributed by atoms with van der Waals surface area (Å²) in [6.45, 7) is 4.00. The molecule has 0 spiro atoms. The molecule has 3 heterocycles. The molecular formula is C17H17N5O2. The number of hydrogen-bond donors (Lipinski definition) is 0. The van der Waals surface area contributed by atoms with E-state index in [-0.39, 0.29) is 11.2 Å². The Morgan fingerprint density at radius 1 is 1.04 bits per heavy atom. The van der Waals surface area contributed by atoms with Crippen LogP contribution in [0.1, 0.15) is 11.3 Å². The third-order valence-corrected chi connectivity index (χ3v) is 4.40. The molecule has 0 saturated carbocycles. The van der Waals surface area contributed by atoms with Gasteiger partial charge in [0.05, 0.1) is 0 Å². The van der Waals surface area contributed by atoms with Crippen LogP contribution in [-0.4, -0.2) is 23.1 Å². The first-order valence-corrected chi connectivity index (χ1v) is 7.63. The normalized spacial score (nSPS) is 11.7. The second-order valence-corrected chi connectivity index (χ2v) is 6.10. The molecule has 0 bridgehead atoms. The van der Waals surface area contributed by atoms with E-state index in [1.807, 2.05) is 42.8 Å². The van der Waals surface area contributed by atoms with Crippen molar-refractivity contribution in [2.75, 3.05) is 0 Å². The first-order chi connectivity index (χ1) is 11.4. The van der Waals surface area contributed by atoms with Crippen molar-refractivity contribution in [3.8, 4) is 5.69 Å². The van der Waals surface area contributed by atoms with Crippen LogP contribution < -0.4 is 11.2 Å². The van der Waals surface area contributed by atoms with Crippen LogP contribution in [0.2, 0.25) is 0 Å². The molecule has 24 heavy (non-hydrogen) atoms. The van der Waals surface area contributed by atoms with Crippen LogP contribution in [0.15, 0.2) is 40.1 Å². The number of fused-ring (bicyclic) bond motifs is 3.